The molecule has 2 fully saturated rings. The fourth-order valence-electron chi connectivity index (χ4n) is 2.98. The van der Waals surface area contributed by atoms with Crippen LogP contribution in [0.25, 0.3) is 0 Å². The average Bonchev–Trinajstić information content (AvgIpc) is 2.71. The van der Waals surface area contributed by atoms with Gasteiger partial charge in [-0.2, -0.15) is 0 Å². The summed E-state index contributed by atoms with van der Waals surface area (Å²) in [6.07, 6.45) is 1.36. The van der Waals surface area contributed by atoms with E-state index in [0.717, 1.165) is 10.9 Å². The largest absolute Gasteiger partial charge is 0.305 e. The van der Waals surface area contributed by atoms with Gasteiger partial charge in [-0.05, 0) is 37.1 Å². The molecule has 2 atom stereocenters. The Morgan fingerprint density at radius 1 is 1.50 bits per heavy atom. The molecule has 1 aliphatic heterocycles. The maximum Gasteiger partial charge on any atom is 0.0408 e. The summed E-state index contributed by atoms with van der Waals surface area (Å²) in [6.45, 7) is 2.46. The molecule has 0 aromatic heterocycles. The van der Waals surface area contributed by atoms with Crippen LogP contribution in [0.1, 0.15) is 12.0 Å². The van der Waals surface area contributed by atoms with E-state index in [4.69, 9.17) is 11.6 Å². The Balaban J connectivity index is 1.97. The van der Waals surface area contributed by atoms with Crippen molar-refractivity contribution < 1.29 is 0 Å². The number of hydrogen-bond donors (Lipinski definition) is 0. The van der Waals surface area contributed by atoms with Gasteiger partial charge in [0.2, 0.25) is 0 Å². The van der Waals surface area contributed by atoms with E-state index in [-0.39, 0.29) is 0 Å². The highest BCUT2D eigenvalue weighted by molar-refractivity contribution is 6.30. The number of halogens is 1. The van der Waals surface area contributed by atoms with Gasteiger partial charge in [-0.15, -0.1) is 0 Å². The summed E-state index contributed by atoms with van der Waals surface area (Å²) in [5.41, 5.74) is 1.90. The van der Waals surface area contributed by atoms with Crippen LogP contribution >= 0.6 is 11.6 Å². The van der Waals surface area contributed by atoms with E-state index in [1.165, 1.54) is 25.1 Å². The first kappa shape index (κ1) is 8.75. The molecule has 0 N–H and O–H groups in total. The van der Waals surface area contributed by atoms with Crippen molar-refractivity contribution in [1.82, 2.24) is 4.90 Å². The lowest BCUT2D eigenvalue weighted by Gasteiger charge is -2.16. The van der Waals surface area contributed by atoms with Crippen molar-refractivity contribution in [2.45, 2.75) is 11.8 Å². The Morgan fingerprint density at radius 2 is 2.36 bits per heavy atom. The molecular weight excluding hydrogens is 194 g/mol. The molecule has 0 radical (unpaired) electrons. The average molecular weight is 208 g/mol. The molecule has 1 nitrogen and oxygen atoms in total. The lowest BCUT2D eigenvalue weighted by Crippen LogP contribution is -2.22. The van der Waals surface area contributed by atoms with E-state index in [0.29, 0.717) is 5.41 Å². The second kappa shape index (κ2) is 2.74. The first-order chi connectivity index (χ1) is 6.71. The number of nitrogens with zero attached hydrogens (tertiary/aromatic N) is 1. The molecule has 0 spiro atoms. The lowest BCUT2D eigenvalue weighted by atomic mass is 9.95. The zero-order valence-electron chi connectivity index (χ0n) is 8.33. The topological polar surface area (TPSA) is 3.24 Å². The lowest BCUT2D eigenvalue weighted by molar-refractivity contribution is 0.363. The molecule has 1 aromatic rings. The van der Waals surface area contributed by atoms with Crippen LogP contribution in [0.4, 0.5) is 0 Å². The van der Waals surface area contributed by atoms with Crippen molar-refractivity contribution in [3.63, 3.8) is 0 Å². The molecule has 0 bridgehead atoms. The molecule has 2 heteroatoms. The van der Waals surface area contributed by atoms with Crippen LogP contribution in [0.15, 0.2) is 24.3 Å². The highest BCUT2D eigenvalue weighted by atomic mass is 35.5. The number of hydrogen-bond acceptors (Lipinski definition) is 1. The quantitative estimate of drug-likeness (QED) is 0.684. The molecule has 2 unspecified atom stereocenters. The van der Waals surface area contributed by atoms with Gasteiger partial charge in [0, 0.05) is 23.5 Å². The summed E-state index contributed by atoms with van der Waals surface area (Å²) in [5.74, 6) is 0.881. The highest BCUT2D eigenvalue weighted by Gasteiger charge is 2.59. The molecule has 1 aromatic carbocycles. The van der Waals surface area contributed by atoms with E-state index in [1.54, 1.807) is 0 Å². The number of benzene rings is 1. The Morgan fingerprint density at radius 3 is 3.00 bits per heavy atom. The number of likely N-dealkylation sites (tertiary alicyclic amines) is 1. The Bertz CT molecular complexity index is 376. The van der Waals surface area contributed by atoms with Crippen LogP contribution < -0.4 is 0 Å². The van der Waals surface area contributed by atoms with Crippen molar-refractivity contribution in [2.75, 3.05) is 20.1 Å². The maximum atomic E-state index is 6.03. The summed E-state index contributed by atoms with van der Waals surface area (Å²) >= 11 is 6.03. The van der Waals surface area contributed by atoms with Crippen molar-refractivity contribution in [3.05, 3.63) is 34.9 Å². The minimum absolute atomic E-state index is 0.458. The van der Waals surface area contributed by atoms with Gasteiger partial charge in [-0.3, -0.25) is 0 Å². The van der Waals surface area contributed by atoms with Crippen LogP contribution in [0.5, 0.6) is 0 Å². The van der Waals surface area contributed by atoms with Crippen LogP contribution in [0.2, 0.25) is 5.02 Å². The molecule has 0 amide bonds. The first-order valence-corrected chi connectivity index (χ1v) is 5.53. The molecule has 1 aliphatic carbocycles. The predicted octanol–water partition coefficient (Wildman–Crippen LogP) is 2.54. The minimum atomic E-state index is 0.458. The third-order valence-electron chi connectivity index (χ3n) is 3.72. The second-order valence-electron chi connectivity index (χ2n) is 4.76. The van der Waals surface area contributed by atoms with Gasteiger partial charge in [0.05, 0.1) is 0 Å². The van der Waals surface area contributed by atoms with Crippen LogP contribution in [-0.4, -0.2) is 25.0 Å². The molecule has 1 saturated heterocycles. The first-order valence-electron chi connectivity index (χ1n) is 5.15. The van der Waals surface area contributed by atoms with E-state index in [9.17, 15) is 0 Å². The summed E-state index contributed by atoms with van der Waals surface area (Å²) in [4.78, 5) is 2.43. The summed E-state index contributed by atoms with van der Waals surface area (Å²) < 4.78 is 0. The van der Waals surface area contributed by atoms with Crippen LogP contribution in [0, 0.1) is 5.92 Å². The van der Waals surface area contributed by atoms with E-state index < -0.39 is 0 Å². The third kappa shape index (κ3) is 1.12. The van der Waals surface area contributed by atoms with Crippen molar-refractivity contribution in [1.29, 1.82) is 0 Å². The summed E-state index contributed by atoms with van der Waals surface area (Å²) in [7, 11) is 2.21. The SMILES string of the molecule is CN1CC2CC2(c2cccc(Cl)c2)C1. The zero-order valence-corrected chi connectivity index (χ0v) is 9.09. The zero-order chi connectivity index (χ0) is 9.76. The summed E-state index contributed by atoms with van der Waals surface area (Å²) in [5, 5.41) is 0.872. The number of rotatable bonds is 1. The molecule has 74 valence electrons. The van der Waals surface area contributed by atoms with Gasteiger partial charge in [-0.1, -0.05) is 23.7 Å². The third-order valence-corrected chi connectivity index (χ3v) is 3.95. The normalized spacial score (nSPS) is 35.7. The monoisotopic (exact) mass is 207 g/mol. The standard InChI is InChI=1S/C12H14ClN/c1-14-7-10-6-12(10,8-14)9-3-2-4-11(13)5-9/h2-5,10H,6-8H2,1H3. The summed E-state index contributed by atoms with van der Waals surface area (Å²) in [6, 6.07) is 8.39. The smallest absolute Gasteiger partial charge is 0.0408 e. The molecule has 14 heavy (non-hydrogen) atoms. The number of likely N-dealkylation sites (N-methyl/N-ethyl adjacent to an activating group) is 1. The fourth-order valence-corrected chi connectivity index (χ4v) is 3.17. The van der Waals surface area contributed by atoms with Gasteiger partial charge in [0.15, 0.2) is 0 Å². The van der Waals surface area contributed by atoms with Gasteiger partial charge >= 0.3 is 0 Å². The fraction of sp³-hybridized carbons (Fsp3) is 0.500. The van der Waals surface area contributed by atoms with Crippen LogP contribution in [0.3, 0.4) is 0 Å². The molecule has 3 rings (SSSR count). The highest BCUT2D eigenvalue weighted by Crippen LogP contribution is 2.58. The molecule has 1 saturated carbocycles. The van der Waals surface area contributed by atoms with Gasteiger partial charge in [-0.25, -0.2) is 0 Å². The molecular formula is C12H14ClN. The van der Waals surface area contributed by atoms with Crippen molar-refractivity contribution in [2.24, 2.45) is 5.92 Å². The maximum absolute atomic E-state index is 6.03. The van der Waals surface area contributed by atoms with Gasteiger partial charge in [0.25, 0.3) is 0 Å². The Hall–Kier alpha value is -0.530. The van der Waals surface area contributed by atoms with Gasteiger partial charge in [0.1, 0.15) is 0 Å². The van der Waals surface area contributed by atoms with Crippen molar-refractivity contribution in [3.8, 4) is 0 Å². The minimum Gasteiger partial charge on any atom is -0.305 e. The van der Waals surface area contributed by atoms with E-state index in [1.807, 2.05) is 6.07 Å². The van der Waals surface area contributed by atoms with Gasteiger partial charge < -0.3 is 4.90 Å². The van der Waals surface area contributed by atoms with Crippen molar-refractivity contribution >= 4 is 11.6 Å². The second-order valence-corrected chi connectivity index (χ2v) is 5.20. The predicted molar refractivity (Wildman–Crippen MR) is 58.7 cm³/mol. The number of piperidine rings is 1. The molecule has 1 heterocycles. The Labute approximate surface area is 89.7 Å². The number of fused-ring (bicyclic) bond motifs is 1. The van der Waals surface area contributed by atoms with Crippen LogP contribution in [-0.2, 0) is 5.41 Å². The Kier molecular flexibility index (Phi) is 1.71. The van der Waals surface area contributed by atoms with E-state index >= 15 is 0 Å². The van der Waals surface area contributed by atoms with E-state index in [2.05, 4.69) is 30.1 Å². The molecule has 2 aliphatic rings.